The molecule has 0 aromatic heterocycles. The molecule has 0 saturated heterocycles. The van der Waals surface area contributed by atoms with Gasteiger partial charge in [-0.15, -0.1) is 0 Å². The molecule has 3 nitrogen and oxygen atoms in total. The third-order valence-corrected chi connectivity index (χ3v) is 1.15. The number of rotatable bonds is 5. The van der Waals surface area contributed by atoms with Crippen LogP contribution in [0.3, 0.4) is 0 Å². The van der Waals surface area contributed by atoms with Crippen LogP contribution in [0.25, 0.3) is 0 Å². The van der Waals surface area contributed by atoms with Gasteiger partial charge in [-0.3, -0.25) is 0 Å². The first kappa shape index (κ1) is 10.2. The molecule has 0 bridgehead atoms. The SMILES string of the molecule is C=C(CNCC)C(=O)OCC. The van der Waals surface area contributed by atoms with E-state index < -0.39 is 0 Å². The van der Waals surface area contributed by atoms with Gasteiger partial charge in [0, 0.05) is 12.1 Å². The van der Waals surface area contributed by atoms with E-state index in [1.807, 2.05) is 6.92 Å². The van der Waals surface area contributed by atoms with E-state index in [9.17, 15) is 4.79 Å². The summed E-state index contributed by atoms with van der Waals surface area (Å²) in [6.07, 6.45) is 0. The number of likely N-dealkylation sites (N-methyl/N-ethyl adjacent to an activating group) is 1. The maximum atomic E-state index is 10.9. The van der Waals surface area contributed by atoms with Crippen molar-refractivity contribution in [2.24, 2.45) is 0 Å². The van der Waals surface area contributed by atoms with Gasteiger partial charge in [-0.1, -0.05) is 13.5 Å². The molecule has 0 aromatic rings. The average Bonchev–Trinajstić information content (AvgIpc) is 2.00. The minimum Gasteiger partial charge on any atom is -0.463 e. The summed E-state index contributed by atoms with van der Waals surface area (Å²) in [7, 11) is 0. The summed E-state index contributed by atoms with van der Waals surface area (Å²) in [5, 5.41) is 2.99. The summed E-state index contributed by atoms with van der Waals surface area (Å²) in [4.78, 5) is 10.9. The minimum atomic E-state index is -0.312. The zero-order chi connectivity index (χ0) is 8.69. The molecule has 0 heterocycles. The Labute approximate surface area is 67.4 Å². The molecule has 0 aliphatic heterocycles. The van der Waals surface area contributed by atoms with Crippen molar-refractivity contribution in [1.29, 1.82) is 0 Å². The van der Waals surface area contributed by atoms with E-state index >= 15 is 0 Å². The van der Waals surface area contributed by atoms with Gasteiger partial charge in [0.05, 0.1) is 6.61 Å². The van der Waals surface area contributed by atoms with Gasteiger partial charge in [0.2, 0.25) is 0 Å². The molecular weight excluding hydrogens is 142 g/mol. The van der Waals surface area contributed by atoms with Crippen molar-refractivity contribution in [1.82, 2.24) is 5.32 Å². The van der Waals surface area contributed by atoms with E-state index in [1.54, 1.807) is 6.92 Å². The zero-order valence-corrected chi connectivity index (χ0v) is 7.14. The molecule has 0 aliphatic rings. The quantitative estimate of drug-likeness (QED) is 0.472. The van der Waals surface area contributed by atoms with Crippen LogP contribution in [0.4, 0.5) is 0 Å². The highest BCUT2D eigenvalue weighted by molar-refractivity contribution is 5.88. The topological polar surface area (TPSA) is 38.3 Å². The first-order valence-corrected chi connectivity index (χ1v) is 3.78. The second kappa shape index (κ2) is 5.92. The standard InChI is InChI=1S/C8H15NO2/c1-4-9-6-7(3)8(10)11-5-2/h9H,3-6H2,1-2H3. The van der Waals surface area contributed by atoms with E-state index in [2.05, 4.69) is 11.9 Å². The molecule has 64 valence electrons. The lowest BCUT2D eigenvalue weighted by Gasteiger charge is -2.04. The predicted octanol–water partition coefficient (Wildman–Crippen LogP) is 0.715. The second-order valence-electron chi connectivity index (χ2n) is 2.10. The lowest BCUT2D eigenvalue weighted by Crippen LogP contribution is -2.21. The molecule has 0 atom stereocenters. The van der Waals surface area contributed by atoms with E-state index in [1.165, 1.54) is 0 Å². The van der Waals surface area contributed by atoms with Crippen molar-refractivity contribution in [3.05, 3.63) is 12.2 Å². The molecular formula is C8H15NO2. The van der Waals surface area contributed by atoms with Crippen molar-refractivity contribution >= 4 is 5.97 Å². The van der Waals surface area contributed by atoms with Crippen LogP contribution in [0, 0.1) is 0 Å². The lowest BCUT2D eigenvalue weighted by atomic mass is 10.3. The number of carbonyl (C=O) groups excluding carboxylic acids is 1. The Bertz CT molecular complexity index is 143. The van der Waals surface area contributed by atoms with Crippen LogP contribution < -0.4 is 5.32 Å². The molecule has 0 unspecified atom stereocenters. The van der Waals surface area contributed by atoms with Crippen LogP contribution in [0.1, 0.15) is 13.8 Å². The Morgan fingerprint density at radius 1 is 1.55 bits per heavy atom. The summed E-state index contributed by atoms with van der Waals surface area (Å²) in [6, 6.07) is 0. The fraction of sp³-hybridized carbons (Fsp3) is 0.625. The highest BCUT2D eigenvalue weighted by atomic mass is 16.5. The largest absolute Gasteiger partial charge is 0.463 e. The average molecular weight is 157 g/mol. The van der Waals surface area contributed by atoms with Crippen molar-refractivity contribution in [2.45, 2.75) is 13.8 Å². The molecule has 0 aliphatic carbocycles. The van der Waals surface area contributed by atoms with E-state index in [0.29, 0.717) is 18.7 Å². The third kappa shape index (κ3) is 4.56. The van der Waals surface area contributed by atoms with E-state index in [-0.39, 0.29) is 5.97 Å². The van der Waals surface area contributed by atoms with Crippen LogP contribution >= 0.6 is 0 Å². The number of carbonyl (C=O) groups is 1. The van der Waals surface area contributed by atoms with Gasteiger partial charge in [0.15, 0.2) is 0 Å². The molecule has 11 heavy (non-hydrogen) atoms. The lowest BCUT2D eigenvalue weighted by molar-refractivity contribution is -0.138. The first-order chi connectivity index (χ1) is 5.22. The van der Waals surface area contributed by atoms with Crippen molar-refractivity contribution in [3.8, 4) is 0 Å². The van der Waals surface area contributed by atoms with Crippen LogP contribution in [0.15, 0.2) is 12.2 Å². The van der Waals surface area contributed by atoms with Gasteiger partial charge in [-0.05, 0) is 13.5 Å². The number of hydrogen-bond acceptors (Lipinski definition) is 3. The van der Waals surface area contributed by atoms with Gasteiger partial charge >= 0.3 is 5.97 Å². The number of esters is 1. The van der Waals surface area contributed by atoms with Crippen molar-refractivity contribution < 1.29 is 9.53 Å². The maximum Gasteiger partial charge on any atom is 0.334 e. The minimum absolute atomic E-state index is 0.312. The molecule has 0 spiro atoms. The highest BCUT2D eigenvalue weighted by Crippen LogP contribution is 1.91. The molecule has 0 saturated carbocycles. The third-order valence-electron chi connectivity index (χ3n) is 1.15. The summed E-state index contributed by atoms with van der Waals surface area (Å²) in [5.74, 6) is -0.312. The van der Waals surface area contributed by atoms with Gasteiger partial charge in [-0.25, -0.2) is 4.79 Å². The van der Waals surface area contributed by atoms with Crippen molar-refractivity contribution in [2.75, 3.05) is 19.7 Å². The Kier molecular flexibility index (Phi) is 5.47. The molecule has 0 aromatic carbocycles. The molecule has 0 fully saturated rings. The van der Waals surface area contributed by atoms with Gasteiger partial charge in [0.25, 0.3) is 0 Å². The normalized spacial score (nSPS) is 9.27. The van der Waals surface area contributed by atoms with Gasteiger partial charge in [0.1, 0.15) is 0 Å². The summed E-state index contributed by atoms with van der Waals surface area (Å²) in [6.45, 7) is 9.07. The fourth-order valence-electron chi connectivity index (χ4n) is 0.581. The van der Waals surface area contributed by atoms with Gasteiger partial charge < -0.3 is 10.1 Å². The van der Waals surface area contributed by atoms with Crippen LogP contribution in [0.5, 0.6) is 0 Å². The maximum absolute atomic E-state index is 10.9. The summed E-state index contributed by atoms with van der Waals surface area (Å²) in [5.41, 5.74) is 0.480. The molecule has 0 rings (SSSR count). The Hall–Kier alpha value is -0.830. The zero-order valence-electron chi connectivity index (χ0n) is 7.14. The summed E-state index contributed by atoms with van der Waals surface area (Å²) >= 11 is 0. The van der Waals surface area contributed by atoms with E-state index in [4.69, 9.17) is 4.74 Å². The van der Waals surface area contributed by atoms with Crippen LogP contribution in [-0.4, -0.2) is 25.7 Å². The molecule has 1 N–H and O–H groups in total. The second-order valence-corrected chi connectivity index (χ2v) is 2.10. The summed E-state index contributed by atoms with van der Waals surface area (Å²) < 4.78 is 4.72. The molecule has 3 heteroatoms. The number of hydrogen-bond donors (Lipinski definition) is 1. The monoisotopic (exact) mass is 157 g/mol. The number of ether oxygens (including phenoxy) is 1. The Balaban J connectivity index is 3.56. The van der Waals surface area contributed by atoms with Crippen LogP contribution in [0.2, 0.25) is 0 Å². The number of nitrogens with one attached hydrogen (secondary N) is 1. The Morgan fingerprint density at radius 2 is 2.18 bits per heavy atom. The molecule has 0 radical (unpaired) electrons. The van der Waals surface area contributed by atoms with E-state index in [0.717, 1.165) is 6.54 Å². The highest BCUT2D eigenvalue weighted by Gasteiger charge is 2.05. The Morgan fingerprint density at radius 3 is 2.64 bits per heavy atom. The first-order valence-electron chi connectivity index (χ1n) is 3.78. The smallest absolute Gasteiger partial charge is 0.334 e. The fourth-order valence-corrected chi connectivity index (χ4v) is 0.581. The van der Waals surface area contributed by atoms with Gasteiger partial charge in [-0.2, -0.15) is 0 Å². The predicted molar refractivity (Wildman–Crippen MR) is 44.3 cm³/mol. The molecule has 0 amide bonds. The van der Waals surface area contributed by atoms with Crippen LogP contribution in [-0.2, 0) is 9.53 Å². The van der Waals surface area contributed by atoms with Crippen molar-refractivity contribution in [3.63, 3.8) is 0 Å².